The number of hydrogen-bond acceptors (Lipinski definition) is 6. The van der Waals surface area contributed by atoms with E-state index >= 15 is 0 Å². The molecule has 0 aliphatic heterocycles. The molecule has 0 amide bonds. The van der Waals surface area contributed by atoms with Gasteiger partial charge in [0.2, 0.25) is 11.6 Å². The van der Waals surface area contributed by atoms with E-state index in [2.05, 4.69) is 20.4 Å². The zero-order valence-electron chi connectivity index (χ0n) is 11.5. The molecular formula is C12H13N7O2. The van der Waals surface area contributed by atoms with Crippen LogP contribution in [0, 0.1) is 17.0 Å². The number of rotatable bonds is 4. The number of anilines is 1. The van der Waals surface area contributed by atoms with Crippen LogP contribution in [0.4, 0.5) is 11.5 Å². The highest BCUT2D eigenvalue weighted by Crippen LogP contribution is 2.27. The van der Waals surface area contributed by atoms with Crippen molar-refractivity contribution >= 4 is 17.3 Å². The molecule has 108 valence electrons. The third-order valence-electron chi connectivity index (χ3n) is 3.13. The fourth-order valence-electron chi connectivity index (χ4n) is 2.20. The molecule has 9 heteroatoms. The minimum Gasteiger partial charge on any atom is -0.360 e. The van der Waals surface area contributed by atoms with Crippen molar-refractivity contribution in [3.63, 3.8) is 0 Å². The van der Waals surface area contributed by atoms with Gasteiger partial charge in [-0.15, -0.1) is 0 Å². The molecule has 0 aromatic carbocycles. The van der Waals surface area contributed by atoms with Crippen LogP contribution in [0.1, 0.15) is 11.3 Å². The van der Waals surface area contributed by atoms with Crippen LogP contribution in [0.2, 0.25) is 0 Å². The van der Waals surface area contributed by atoms with E-state index < -0.39 is 4.92 Å². The molecular weight excluding hydrogens is 274 g/mol. The van der Waals surface area contributed by atoms with E-state index in [-0.39, 0.29) is 5.69 Å². The number of nitrogens with one attached hydrogen (secondary N) is 1. The number of nitro groups is 1. The smallest absolute Gasteiger partial charge is 0.333 e. The molecule has 0 aliphatic rings. The number of hydrogen-bond donors (Lipinski definition) is 1. The van der Waals surface area contributed by atoms with Gasteiger partial charge in [-0.2, -0.15) is 5.10 Å². The standard InChI is InChI=1S/C12H13N7O2/c1-8-10(19(20)21)11(17(2)16-8)14-5-9-6-15-12-13-3-4-18(12)7-9/h3-4,6-7,14H,5H2,1-2H3. The van der Waals surface area contributed by atoms with Gasteiger partial charge in [-0.25, -0.2) is 14.6 Å². The zero-order valence-corrected chi connectivity index (χ0v) is 11.5. The van der Waals surface area contributed by atoms with Crippen molar-refractivity contribution in [1.29, 1.82) is 0 Å². The van der Waals surface area contributed by atoms with Crippen molar-refractivity contribution in [2.45, 2.75) is 13.5 Å². The quantitative estimate of drug-likeness (QED) is 0.573. The predicted octanol–water partition coefficient (Wildman–Crippen LogP) is 1.29. The Kier molecular flexibility index (Phi) is 3.01. The topological polar surface area (TPSA) is 103 Å². The van der Waals surface area contributed by atoms with Crippen LogP contribution in [0.5, 0.6) is 0 Å². The van der Waals surface area contributed by atoms with E-state index in [0.29, 0.717) is 23.8 Å². The van der Waals surface area contributed by atoms with Gasteiger partial charge in [-0.05, 0) is 6.92 Å². The lowest BCUT2D eigenvalue weighted by molar-refractivity contribution is -0.384. The lowest BCUT2D eigenvalue weighted by Crippen LogP contribution is -2.07. The maximum absolute atomic E-state index is 11.1. The minimum atomic E-state index is -0.429. The molecule has 0 bridgehead atoms. The Morgan fingerprint density at radius 2 is 2.24 bits per heavy atom. The third kappa shape index (κ3) is 2.29. The monoisotopic (exact) mass is 287 g/mol. The van der Waals surface area contributed by atoms with Gasteiger partial charge in [-0.1, -0.05) is 0 Å². The summed E-state index contributed by atoms with van der Waals surface area (Å²) in [5.74, 6) is 0.990. The molecule has 0 saturated carbocycles. The summed E-state index contributed by atoms with van der Waals surface area (Å²) in [5, 5.41) is 18.2. The predicted molar refractivity (Wildman–Crippen MR) is 74.9 cm³/mol. The number of nitrogens with zero attached hydrogens (tertiary/aromatic N) is 6. The summed E-state index contributed by atoms with van der Waals surface area (Å²) in [6, 6.07) is 0. The fraction of sp³-hybridized carbons (Fsp3) is 0.250. The number of fused-ring (bicyclic) bond motifs is 1. The van der Waals surface area contributed by atoms with Crippen molar-refractivity contribution in [3.8, 4) is 0 Å². The highest BCUT2D eigenvalue weighted by Gasteiger charge is 2.23. The summed E-state index contributed by atoms with van der Waals surface area (Å²) in [7, 11) is 1.67. The summed E-state index contributed by atoms with van der Waals surface area (Å²) in [6.45, 7) is 2.02. The molecule has 0 fully saturated rings. The second kappa shape index (κ2) is 4.85. The van der Waals surface area contributed by atoms with Crippen LogP contribution in [0.15, 0.2) is 24.8 Å². The van der Waals surface area contributed by atoms with E-state index in [4.69, 9.17) is 0 Å². The van der Waals surface area contributed by atoms with Crippen LogP contribution in [-0.4, -0.2) is 29.1 Å². The molecule has 1 N–H and O–H groups in total. The van der Waals surface area contributed by atoms with Gasteiger partial charge in [0, 0.05) is 43.9 Å². The van der Waals surface area contributed by atoms with E-state index in [0.717, 1.165) is 5.56 Å². The first kappa shape index (κ1) is 13.0. The molecule has 0 unspecified atom stereocenters. The van der Waals surface area contributed by atoms with Gasteiger partial charge in [0.1, 0.15) is 5.69 Å². The second-order valence-corrected chi connectivity index (χ2v) is 4.61. The van der Waals surface area contributed by atoms with Crippen LogP contribution < -0.4 is 5.32 Å². The van der Waals surface area contributed by atoms with Gasteiger partial charge in [-0.3, -0.25) is 14.5 Å². The van der Waals surface area contributed by atoms with Crippen LogP contribution in [-0.2, 0) is 13.6 Å². The van der Waals surface area contributed by atoms with Crippen LogP contribution >= 0.6 is 0 Å². The molecule has 21 heavy (non-hydrogen) atoms. The molecule has 3 aromatic heterocycles. The maximum Gasteiger partial charge on any atom is 0.333 e. The number of aromatic nitrogens is 5. The second-order valence-electron chi connectivity index (χ2n) is 4.61. The molecule has 9 nitrogen and oxygen atoms in total. The van der Waals surface area contributed by atoms with Crippen LogP contribution in [0.3, 0.4) is 0 Å². The van der Waals surface area contributed by atoms with Gasteiger partial charge in [0.15, 0.2) is 0 Å². The highest BCUT2D eigenvalue weighted by atomic mass is 16.6. The van der Waals surface area contributed by atoms with Crippen molar-refractivity contribution in [1.82, 2.24) is 24.1 Å². The Balaban J connectivity index is 1.86. The summed E-state index contributed by atoms with van der Waals surface area (Å²) in [6.07, 6.45) is 7.01. The van der Waals surface area contributed by atoms with E-state index in [9.17, 15) is 10.1 Å². The Morgan fingerprint density at radius 1 is 1.43 bits per heavy atom. The van der Waals surface area contributed by atoms with Gasteiger partial charge in [0.05, 0.1) is 4.92 Å². The first-order valence-corrected chi connectivity index (χ1v) is 6.25. The summed E-state index contributed by atoms with van der Waals surface area (Å²) < 4.78 is 3.26. The molecule has 0 aliphatic carbocycles. The Labute approximate surface area is 119 Å². The minimum absolute atomic E-state index is 0.00540. The zero-order chi connectivity index (χ0) is 15.0. The first-order valence-electron chi connectivity index (χ1n) is 6.25. The van der Waals surface area contributed by atoms with E-state index in [1.165, 1.54) is 4.68 Å². The van der Waals surface area contributed by atoms with Crippen molar-refractivity contribution in [2.75, 3.05) is 5.32 Å². The lowest BCUT2D eigenvalue weighted by atomic mass is 10.3. The Bertz CT molecular complexity index is 820. The van der Waals surface area contributed by atoms with Crippen molar-refractivity contribution in [2.24, 2.45) is 7.05 Å². The first-order chi connectivity index (χ1) is 10.1. The molecule has 3 heterocycles. The van der Waals surface area contributed by atoms with Crippen molar-refractivity contribution in [3.05, 3.63) is 46.2 Å². The Morgan fingerprint density at radius 3 is 3.00 bits per heavy atom. The van der Waals surface area contributed by atoms with Gasteiger partial charge < -0.3 is 5.32 Å². The maximum atomic E-state index is 11.1. The fourth-order valence-corrected chi connectivity index (χ4v) is 2.20. The molecule has 3 rings (SSSR count). The lowest BCUT2D eigenvalue weighted by Gasteiger charge is -2.06. The molecule has 0 atom stereocenters. The average molecular weight is 287 g/mol. The number of aryl methyl sites for hydroxylation is 2. The van der Waals surface area contributed by atoms with E-state index in [1.54, 1.807) is 37.0 Å². The highest BCUT2D eigenvalue weighted by molar-refractivity contribution is 5.59. The molecule has 0 spiro atoms. The van der Waals surface area contributed by atoms with Crippen molar-refractivity contribution < 1.29 is 4.92 Å². The molecule has 3 aromatic rings. The van der Waals surface area contributed by atoms with E-state index in [1.807, 2.05) is 6.20 Å². The summed E-state index contributed by atoms with van der Waals surface area (Å²) in [5.41, 5.74) is 1.26. The average Bonchev–Trinajstić information content (AvgIpc) is 2.99. The third-order valence-corrected chi connectivity index (χ3v) is 3.13. The van der Waals surface area contributed by atoms with Gasteiger partial charge >= 0.3 is 5.69 Å². The van der Waals surface area contributed by atoms with Crippen LogP contribution in [0.25, 0.3) is 5.78 Å². The summed E-state index contributed by atoms with van der Waals surface area (Å²) in [4.78, 5) is 18.9. The molecule has 0 radical (unpaired) electrons. The molecule has 0 saturated heterocycles. The normalized spacial score (nSPS) is 11.0. The number of imidazole rings is 1. The SMILES string of the molecule is Cc1nn(C)c(NCc2cnc3nccn3c2)c1[N+](=O)[O-]. The largest absolute Gasteiger partial charge is 0.360 e. The summed E-state index contributed by atoms with van der Waals surface area (Å²) >= 11 is 0. The van der Waals surface area contributed by atoms with Gasteiger partial charge in [0.25, 0.3) is 0 Å². The Hall–Kier alpha value is -2.97.